The third-order valence-electron chi connectivity index (χ3n) is 3.89. The molecule has 0 saturated heterocycles. The lowest BCUT2D eigenvalue weighted by Gasteiger charge is -2.08. The number of aromatic nitrogens is 3. The zero-order valence-electron chi connectivity index (χ0n) is 12.5. The van der Waals surface area contributed by atoms with Gasteiger partial charge >= 0.3 is 0 Å². The second-order valence-corrected chi connectivity index (χ2v) is 5.89. The number of pyridine rings is 1. The van der Waals surface area contributed by atoms with Crippen LogP contribution in [0.3, 0.4) is 0 Å². The predicted molar refractivity (Wildman–Crippen MR) is 93.3 cm³/mol. The van der Waals surface area contributed by atoms with Gasteiger partial charge in [0.05, 0.1) is 11.2 Å². The van der Waals surface area contributed by atoms with E-state index in [1.807, 2.05) is 0 Å². The quantitative estimate of drug-likeness (QED) is 0.512. The Bertz CT molecular complexity index is 1340. The maximum atomic E-state index is 13.4. The monoisotopic (exact) mass is 357 g/mol. The molecule has 0 aliphatic heterocycles. The summed E-state index contributed by atoms with van der Waals surface area (Å²) in [6, 6.07) is 9.62. The number of nitrogens with one attached hydrogen (secondary N) is 2. The van der Waals surface area contributed by atoms with Gasteiger partial charge in [-0.2, -0.15) is 0 Å². The third kappa shape index (κ3) is 2.36. The van der Waals surface area contributed by atoms with Crippen molar-refractivity contribution in [2.24, 2.45) is 0 Å². The van der Waals surface area contributed by atoms with Gasteiger partial charge in [-0.1, -0.05) is 17.7 Å². The number of hydrogen-bond donors (Lipinski definition) is 2. The predicted octanol–water partition coefficient (Wildman–Crippen LogP) is 2.31. The summed E-state index contributed by atoms with van der Waals surface area (Å²) in [5, 5.41) is 2.65. The lowest BCUT2D eigenvalue weighted by atomic mass is 10.1. The second-order valence-electron chi connectivity index (χ2n) is 5.46. The molecule has 0 amide bonds. The van der Waals surface area contributed by atoms with Gasteiger partial charge in [-0.25, -0.2) is 9.07 Å². The first-order valence-corrected chi connectivity index (χ1v) is 7.60. The van der Waals surface area contributed by atoms with E-state index in [1.54, 1.807) is 0 Å². The number of rotatable bonds is 1. The molecule has 0 atom stereocenters. The number of fused-ring (bicyclic) bond motifs is 2. The van der Waals surface area contributed by atoms with E-state index >= 15 is 0 Å². The van der Waals surface area contributed by atoms with E-state index in [2.05, 4.69) is 10.1 Å². The Hall–Kier alpha value is -3.19. The lowest BCUT2D eigenvalue weighted by Crippen LogP contribution is -2.32. The van der Waals surface area contributed by atoms with Crippen LogP contribution in [-0.4, -0.2) is 14.8 Å². The van der Waals surface area contributed by atoms with Crippen molar-refractivity contribution in [3.05, 3.63) is 84.2 Å². The summed E-state index contributed by atoms with van der Waals surface area (Å²) in [7, 11) is 0. The Balaban J connectivity index is 2.19. The van der Waals surface area contributed by atoms with Crippen molar-refractivity contribution in [1.82, 2.24) is 14.8 Å². The fourth-order valence-electron chi connectivity index (χ4n) is 2.75. The highest BCUT2D eigenvalue weighted by Crippen LogP contribution is 2.16. The summed E-state index contributed by atoms with van der Waals surface area (Å²) in [5.74, 6) is -0.576. The summed E-state index contributed by atoms with van der Waals surface area (Å²) >= 11 is 5.90. The molecule has 0 unspecified atom stereocenters. The minimum atomic E-state index is -0.752. The van der Waals surface area contributed by atoms with E-state index in [0.717, 1.165) is 10.7 Å². The first-order chi connectivity index (χ1) is 12.0. The van der Waals surface area contributed by atoms with Crippen molar-refractivity contribution < 1.29 is 4.39 Å². The van der Waals surface area contributed by atoms with Crippen LogP contribution in [-0.2, 0) is 0 Å². The van der Waals surface area contributed by atoms with Gasteiger partial charge in [-0.15, -0.1) is 0 Å². The van der Waals surface area contributed by atoms with Crippen LogP contribution in [0.1, 0.15) is 0 Å². The van der Waals surface area contributed by atoms with E-state index < -0.39 is 22.4 Å². The molecule has 25 heavy (non-hydrogen) atoms. The number of nitrogens with zero attached hydrogens (tertiary/aromatic N) is 1. The molecule has 0 spiro atoms. The van der Waals surface area contributed by atoms with Crippen LogP contribution in [0.15, 0.2) is 56.8 Å². The maximum Gasteiger partial charge on any atom is 0.287 e. The van der Waals surface area contributed by atoms with Crippen LogP contribution in [0.2, 0.25) is 5.02 Å². The average Bonchev–Trinajstić information content (AvgIpc) is 2.57. The van der Waals surface area contributed by atoms with Gasteiger partial charge in [0.25, 0.3) is 11.1 Å². The molecule has 0 fully saturated rings. The number of aromatic amines is 2. The smallest absolute Gasteiger partial charge is 0.287 e. The van der Waals surface area contributed by atoms with Crippen LogP contribution in [0.25, 0.3) is 27.5 Å². The van der Waals surface area contributed by atoms with Crippen LogP contribution in [0, 0.1) is 5.82 Å². The van der Waals surface area contributed by atoms with Gasteiger partial charge in [0.1, 0.15) is 16.7 Å². The number of hydrogen-bond acceptors (Lipinski definition) is 3. The summed E-state index contributed by atoms with van der Waals surface area (Å²) in [5.41, 5.74) is -1.73. The van der Waals surface area contributed by atoms with Crippen molar-refractivity contribution in [3.8, 4) is 5.69 Å². The molecule has 124 valence electrons. The molecule has 0 bridgehead atoms. The van der Waals surface area contributed by atoms with E-state index in [-0.39, 0.29) is 22.0 Å². The summed E-state index contributed by atoms with van der Waals surface area (Å²) in [6.07, 6.45) is 0. The van der Waals surface area contributed by atoms with Crippen molar-refractivity contribution in [1.29, 1.82) is 0 Å². The Morgan fingerprint density at radius 3 is 2.60 bits per heavy atom. The Morgan fingerprint density at radius 2 is 1.84 bits per heavy atom. The van der Waals surface area contributed by atoms with Crippen molar-refractivity contribution >= 4 is 33.4 Å². The molecule has 2 aromatic heterocycles. The number of halogens is 2. The van der Waals surface area contributed by atoms with Crippen LogP contribution >= 0.6 is 11.6 Å². The van der Waals surface area contributed by atoms with Gasteiger partial charge in [-0.3, -0.25) is 19.5 Å². The van der Waals surface area contributed by atoms with E-state index in [4.69, 9.17) is 11.6 Å². The standard InChI is InChI=1S/C17H9ClFN3O3/c18-8-4-5-11-12(6-8)20-14-13(15(11)23)17(25)22(21-16(14)24)10-3-1-2-9(19)7-10/h1-7H,(H,20,23)(H,21,24). The zero-order chi connectivity index (χ0) is 17.7. The Morgan fingerprint density at radius 1 is 1.04 bits per heavy atom. The number of benzene rings is 2. The molecule has 8 heteroatoms. The highest BCUT2D eigenvalue weighted by molar-refractivity contribution is 6.31. The average molecular weight is 358 g/mol. The maximum absolute atomic E-state index is 13.4. The topological polar surface area (TPSA) is 87.7 Å². The van der Waals surface area contributed by atoms with Crippen LogP contribution < -0.4 is 16.5 Å². The molecule has 2 aromatic carbocycles. The SMILES string of the molecule is O=c1[nH]n(-c2cccc(F)c2)c(=O)c2c(=O)c3ccc(Cl)cc3[nH]c12. The Kier molecular flexibility index (Phi) is 3.33. The molecule has 0 saturated carbocycles. The minimum Gasteiger partial charge on any atom is -0.350 e. The summed E-state index contributed by atoms with van der Waals surface area (Å²) in [4.78, 5) is 40.6. The third-order valence-corrected chi connectivity index (χ3v) is 4.12. The van der Waals surface area contributed by atoms with Crippen LogP contribution in [0.5, 0.6) is 0 Å². The molecule has 4 rings (SSSR count). The summed E-state index contributed by atoms with van der Waals surface area (Å²) < 4.78 is 14.3. The number of H-pyrrole nitrogens is 2. The molecule has 6 nitrogen and oxygen atoms in total. The molecular formula is C17H9ClFN3O3. The van der Waals surface area contributed by atoms with Gasteiger partial charge in [0, 0.05) is 10.4 Å². The van der Waals surface area contributed by atoms with Gasteiger partial charge < -0.3 is 4.98 Å². The van der Waals surface area contributed by atoms with Crippen molar-refractivity contribution in [2.75, 3.05) is 0 Å². The van der Waals surface area contributed by atoms with E-state index in [1.165, 1.54) is 36.4 Å². The lowest BCUT2D eigenvalue weighted by molar-refractivity contribution is 0.624. The first-order valence-electron chi connectivity index (χ1n) is 7.22. The molecular weight excluding hydrogens is 349 g/mol. The molecule has 0 aliphatic rings. The summed E-state index contributed by atoms with van der Waals surface area (Å²) in [6.45, 7) is 0. The minimum absolute atomic E-state index is 0.111. The fraction of sp³-hybridized carbons (Fsp3) is 0. The molecule has 0 aliphatic carbocycles. The van der Waals surface area contributed by atoms with E-state index in [9.17, 15) is 18.8 Å². The highest BCUT2D eigenvalue weighted by Gasteiger charge is 2.15. The van der Waals surface area contributed by atoms with Crippen molar-refractivity contribution in [2.45, 2.75) is 0 Å². The zero-order valence-corrected chi connectivity index (χ0v) is 13.2. The second kappa shape index (κ2) is 5.42. The first kappa shape index (κ1) is 15.3. The highest BCUT2D eigenvalue weighted by atomic mass is 35.5. The normalized spacial score (nSPS) is 11.3. The fourth-order valence-corrected chi connectivity index (χ4v) is 2.93. The molecule has 4 aromatic rings. The van der Waals surface area contributed by atoms with Crippen LogP contribution in [0.4, 0.5) is 4.39 Å². The molecule has 0 radical (unpaired) electrons. The van der Waals surface area contributed by atoms with Gasteiger partial charge in [-0.05, 0) is 36.4 Å². The molecule has 2 N–H and O–H groups in total. The van der Waals surface area contributed by atoms with Gasteiger partial charge in [0.2, 0.25) is 5.43 Å². The Labute approximate surface area is 143 Å². The van der Waals surface area contributed by atoms with Gasteiger partial charge in [0.15, 0.2) is 0 Å². The van der Waals surface area contributed by atoms with Crippen molar-refractivity contribution in [3.63, 3.8) is 0 Å². The largest absolute Gasteiger partial charge is 0.350 e. The molecule has 2 heterocycles. The van der Waals surface area contributed by atoms with E-state index in [0.29, 0.717) is 10.5 Å².